The first-order valence-corrected chi connectivity index (χ1v) is 7.38. The number of benzene rings is 2. The Labute approximate surface area is 126 Å². The van der Waals surface area contributed by atoms with E-state index in [-0.39, 0.29) is 6.04 Å². The molecule has 1 N–H and O–H groups in total. The van der Waals surface area contributed by atoms with Gasteiger partial charge in [-0.15, -0.1) is 0 Å². The van der Waals surface area contributed by atoms with E-state index in [1.165, 1.54) is 17.9 Å². The minimum atomic E-state index is -0.271. The lowest BCUT2D eigenvalue weighted by molar-refractivity contribution is -0.121. The molecule has 0 spiro atoms. The zero-order chi connectivity index (χ0) is 14.5. The van der Waals surface area contributed by atoms with Gasteiger partial charge in [0.25, 0.3) is 0 Å². The molecule has 0 heterocycles. The van der Waals surface area contributed by atoms with Crippen LogP contribution in [0.5, 0.6) is 0 Å². The van der Waals surface area contributed by atoms with Gasteiger partial charge in [-0.3, -0.25) is 0 Å². The largest absolute Gasteiger partial charge is 0.312 e. The fourth-order valence-corrected chi connectivity index (χ4v) is 2.25. The Kier molecular flexibility index (Phi) is 4.35. The topological polar surface area (TPSA) is 23.5 Å². The van der Waals surface area contributed by atoms with Crippen molar-refractivity contribution in [3.8, 4) is 11.8 Å². The maximum atomic E-state index is 10.5. The lowest BCUT2D eigenvalue weighted by atomic mass is 10.1. The molecule has 3 rings (SSSR count). The van der Waals surface area contributed by atoms with Crippen LogP contribution in [0.1, 0.15) is 30.0 Å². The highest BCUT2D eigenvalue weighted by Gasteiger charge is 2.21. The molecule has 2 nitrogen and oxygen atoms in total. The summed E-state index contributed by atoms with van der Waals surface area (Å²) in [4.78, 5) is 0. The first-order valence-electron chi connectivity index (χ1n) is 7.38. The van der Waals surface area contributed by atoms with Crippen molar-refractivity contribution >= 4 is 0 Å². The third-order valence-corrected chi connectivity index (χ3v) is 3.60. The van der Waals surface area contributed by atoms with Gasteiger partial charge in [-0.1, -0.05) is 72.5 Å². The van der Waals surface area contributed by atoms with Crippen molar-refractivity contribution in [3.63, 3.8) is 0 Å². The van der Waals surface area contributed by atoms with Crippen LogP contribution >= 0.6 is 0 Å². The third kappa shape index (κ3) is 3.95. The van der Waals surface area contributed by atoms with Gasteiger partial charge in [0.15, 0.2) is 0 Å². The van der Waals surface area contributed by atoms with Gasteiger partial charge in [0.2, 0.25) is 0 Å². The molecule has 2 aromatic carbocycles. The third-order valence-electron chi connectivity index (χ3n) is 3.60. The summed E-state index contributed by atoms with van der Waals surface area (Å²) in [6.45, 7) is 0.472. The summed E-state index contributed by atoms with van der Waals surface area (Å²) < 4.78 is 0. The molecule has 1 saturated carbocycles. The van der Waals surface area contributed by atoms with Crippen molar-refractivity contribution < 1.29 is 5.21 Å². The van der Waals surface area contributed by atoms with Crippen molar-refractivity contribution in [2.45, 2.75) is 25.4 Å². The van der Waals surface area contributed by atoms with Crippen LogP contribution in [0.4, 0.5) is 0 Å². The molecule has 0 bridgehead atoms. The van der Waals surface area contributed by atoms with Gasteiger partial charge in [-0.05, 0) is 24.0 Å². The van der Waals surface area contributed by atoms with E-state index in [0.29, 0.717) is 12.5 Å². The van der Waals surface area contributed by atoms with Gasteiger partial charge in [0.05, 0.1) is 6.54 Å². The quantitative estimate of drug-likeness (QED) is 0.673. The van der Waals surface area contributed by atoms with Crippen LogP contribution in [0.15, 0.2) is 60.7 Å². The Morgan fingerprint density at radius 1 is 1.00 bits per heavy atom. The van der Waals surface area contributed by atoms with E-state index < -0.39 is 0 Å². The molecule has 0 amide bonds. The van der Waals surface area contributed by atoms with Crippen LogP contribution in [-0.4, -0.2) is 10.3 Å². The van der Waals surface area contributed by atoms with E-state index in [0.717, 1.165) is 11.1 Å². The molecule has 0 aliphatic heterocycles. The highest BCUT2D eigenvalue weighted by molar-refractivity contribution is 5.28. The normalized spacial score (nSPS) is 15.3. The molecule has 1 aliphatic carbocycles. The number of hydrogen-bond donors (Lipinski definition) is 1. The number of hydrogen-bond acceptors (Lipinski definition) is 2. The second-order valence-electron chi connectivity index (χ2n) is 5.46. The van der Waals surface area contributed by atoms with E-state index in [9.17, 15) is 5.21 Å². The predicted octanol–water partition coefficient (Wildman–Crippen LogP) is 4.03. The van der Waals surface area contributed by atoms with E-state index in [2.05, 4.69) is 11.8 Å². The molecular weight excluding hydrogens is 258 g/mol. The molecular formula is C19H19NO. The van der Waals surface area contributed by atoms with Crippen LogP contribution in [-0.2, 0) is 6.54 Å². The van der Waals surface area contributed by atoms with Gasteiger partial charge in [-0.25, -0.2) is 0 Å². The lowest BCUT2D eigenvalue weighted by Crippen LogP contribution is -2.24. The fraction of sp³-hybridized carbons (Fsp3) is 0.263. The van der Waals surface area contributed by atoms with Crippen molar-refractivity contribution in [1.29, 1.82) is 0 Å². The molecule has 1 unspecified atom stereocenters. The maximum absolute atomic E-state index is 10.5. The summed E-state index contributed by atoms with van der Waals surface area (Å²) in [7, 11) is 0. The van der Waals surface area contributed by atoms with Crippen LogP contribution < -0.4 is 0 Å². The van der Waals surface area contributed by atoms with E-state index in [4.69, 9.17) is 0 Å². The summed E-state index contributed by atoms with van der Waals surface area (Å²) >= 11 is 0. The molecule has 0 radical (unpaired) electrons. The first kappa shape index (κ1) is 13.9. The van der Waals surface area contributed by atoms with Gasteiger partial charge >= 0.3 is 0 Å². The summed E-state index contributed by atoms with van der Waals surface area (Å²) in [5, 5.41) is 11.8. The van der Waals surface area contributed by atoms with Crippen LogP contribution in [0.25, 0.3) is 0 Å². The molecule has 106 valence electrons. The number of rotatable bonds is 4. The second kappa shape index (κ2) is 6.58. The zero-order valence-corrected chi connectivity index (χ0v) is 11.9. The van der Waals surface area contributed by atoms with E-state index >= 15 is 0 Å². The molecule has 1 fully saturated rings. The minimum Gasteiger partial charge on any atom is -0.312 e. The monoisotopic (exact) mass is 277 g/mol. The Balaban J connectivity index is 1.79. The maximum Gasteiger partial charge on any atom is 0.121 e. The average Bonchev–Trinajstić information content (AvgIpc) is 3.34. The SMILES string of the molecule is ON(Cc1ccccc1)C(C#CC1CC1)c1ccccc1. The molecule has 1 atom stereocenters. The van der Waals surface area contributed by atoms with Crippen molar-refractivity contribution in [1.82, 2.24) is 5.06 Å². The Bertz CT molecular complexity index is 623. The van der Waals surface area contributed by atoms with E-state index in [1.807, 2.05) is 60.7 Å². The van der Waals surface area contributed by atoms with Gasteiger partial charge in [0, 0.05) is 5.92 Å². The second-order valence-corrected chi connectivity index (χ2v) is 5.46. The van der Waals surface area contributed by atoms with Crippen molar-refractivity contribution in [2.24, 2.45) is 5.92 Å². The zero-order valence-electron chi connectivity index (χ0n) is 11.9. The van der Waals surface area contributed by atoms with Crippen molar-refractivity contribution in [2.75, 3.05) is 0 Å². The smallest absolute Gasteiger partial charge is 0.121 e. The van der Waals surface area contributed by atoms with Gasteiger partial charge in [-0.2, -0.15) is 5.06 Å². The molecule has 1 aliphatic rings. The summed E-state index contributed by atoms with van der Waals surface area (Å²) in [5.41, 5.74) is 2.11. The highest BCUT2D eigenvalue weighted by Crippen LogP contribution is 2.28. The van der Waals surface area contributed by atoms with Crippen molar-refractivity contribution in [3.05, 3.63) is 71.8 Å². The Hall–Kier alpha value is -2.08. The fourth-order valence-electron chi connectivity index (χ4n) is 2.25. The molecule has 2 aromatic rings. The predicted molar refractivity (Wildman–Crippen MR) is 83.5 cm³/mol. The summed E-state index contributed by atoms with van der Waals surface area (Å²) in [6.07, 6.45) is 2.39. The van der Waals surface area contributed by atoms with E-state index in [1.54, 1.807) is 0 Å². The lowest BCUT2D eigenvalue weighted by Gasteiger charge is -2.22. The highest BCUT2D eigenvalue weighted by atomic mass is 16.5. The molecule has 0 saturated heterocycles. The molecule has 2 heteroatoms. The standard InChI is InChI=1S/C19H19NO/c21-20(15-17-7-3-1-4-8-17)19(14-13-16-11-12-16)18-9-5-2-6-10-18/h1-10,16,19,21H,11-12,15H2. The first-order chi connectivity index (χ1) is 10.3. The summed E-state index contributed by atoms with van der Waals surface area (Å²) in [5.74, 6) is 7.04. The van der Waals surface area contributed by atoms with Crippen LogP contribution in [0.2, 0.25) is 0 Å². The molecule has 21 heavy (non-hydrogen) atoms. The number of nitrogens with zero attached hydrogens (tertiary/aromatic N) is 1. The van der Waals surface area contributed by atoms with Crippen LogP contribution in [0, 0.1) is 17.8 Å². The average molecular weight is 277 g/mol. The van der Waals surface area contributed by atoms with Crippen LogP contribution in [0.3, 0.4) is 0 Å². The number of hydroxylamine groups is 2. The molecule has 0 aromatic heterocycles. The minimum absolute atomic E-state index is 0.271. The Morgan fingerprint density at radius 3 is 2.24 bits per heavy atom. The summed E-state index contributed by atoms with van der Waals surface area (Å²) in [6, 6.07) is 19.7. The van der Waals surface area contributed by atoms with Gasteiger partial charge in [0.1, 0.15) is 6.04 Å². The van der Waals surface area contributed by atoms with Gasteiger partial charge < -0.3 is 5.21 Å². The Morgan fingerprint density at radius 2 is 1.62 bits per heavy atom.